The van der Waals surface area contributed by atoms with Crippen LogP contribution in [0, 0.1) is 0 Å². The minimum atomic E-state index is -4.54. The third kappa shape index (κ3) is 4.10. The molecule has 0 spiro atoms. The number of anilines is 2. The van der Waals surface area contributed by atoms with Gasteiger partial charge >= 0.3 is 6.18 Å². The summed E-state index contributed by atoms with van der Waals surface area (Å²) < 4.78 is 38.2. The Hall–Kier alpha value is -2.49. The second-order valence-corrected chi connectivity index (χ2v) is 7.36. The summed E-state index contributed by atoms with van der Waals surface area (Å²) in [5.41, 5.74) is 0. The molecule has 4 rings (SSSR count). The van der Waals surface area contributed by atoms with E-state index < -0.39 is 12.0 Å². The Kier molecular flexibility index (Phi) is 4.81. The first-order valence-electron chi connectivity index (χ1n) is 8.60. The normalized spacial score (nSPS) is 20.6. The molecular formula is C17H17F3N6S. The van der Waals surface area contributed by atoms with Gasteiger partial charge in [-0.25, -0.2) is 19.9 Å². The zero-order chi connectivity index (χ0) is 18.9. The van der Waals surface area contributed by atoms with E-state index in [1.165, 1.54) is 6.07 Å². The largest absolute Gasteiger partial charge is 0.451 e. The van der Waals surface area contributed by atoms with E-state index in [0.29, 0.717) is 0 Å². The topological polar surface area (TPSA) is 75.6 Å². The van der Waals surface area contributed by atoms with Gasteiger partial charge in [0.15, 0.2) is 0 Å². The molecule has 3 heterocycles. The number of hydrogen-bond donors (Lipinski definition) is 2. The van der Waals surface area contributed by atoms with Crippen LogP contribution in [-0.4, -0.2) is 32.0 Å². The lowest BCUT2D eigenvalue weighted by Crippen LogP contribution is -2.33. The maximum Gasteiger partial charge on any atom is 0.451 e. The van der Waals surface area contributed by atoms with E-state index >= 15 is 0 Å². The van der Waals surface area contributed by atoms with Crippen molar-refractivity contribution < 1.29 is 13.2 Å². The van der Waals surface area contributed by atoms with Crippen molar-refractivity contribution in [1.82, 2.24) is 19.9 Å². The number of hydrogen-bond acceptors (Lipinski definition) is 7. The maximum atomic E-state index is 12.7. The molecule has 0 atom stereocenters. The summed E-state index contributed by atoms with van der Waals surface area (Å²) in [5.74, 6) is -0.0702. The average molecular weight is 394 g/mol. The summed E-state index contributed by atoms with van der Waals surface area (Å²) in [6, 6.07) is 3.83. The highest BCUT2D eigenvalue weighted by atomic mass is 32.1. The molecule has 3 aromatic heterocycles. The van der Waals surface area contributed by atoms with Crippen LogP contribution < -0.4 is 10.6 Å². The summed E-state index contributed by atoms with van der Waals surface area (Å²) in [4.78, 5) is 16.4. The lowest BCUT2D eigenvalue weighted by atomic mass is 9.91. The van der Waals surface area contributed by atoms with Gasteiger partial charge in [0, 0.05) is 18.3 Å². The summed E-state index contributed by atoms with van der Waals surface area (Å²) in [5, 5.41) is 9.58. The van der Waals surface area contributed by atoms with Crippen molar-refractivity contribution >= 4 is 33.2 Å². The van der Waals surface area contributed by atoms with Gasteiger partial charge in [-0.15, -0.1) is 11.3 Å². The van der Waals surface area contributed by atoms with Crippen molar-refractivity contribution in [3.63, 3.8) is 0 Å². The Labute approximate surface area is 157 Å². The first-order valence-corrected chi connectivity index (χ1v) is 9.48. The van der Waals surface area contributed by atoms with Crippen molar-refractivity contribution in [1.29, 1.82) is 0 Å². The van der Waals surface area contributed by atoms with Crippen molar-refractivity contribution in [2.24, 2.45) is 0 Å². The fourth-order valence-electron chi connectivity index (χ4n) is 3.27. The molecule has 0 saturated heterocycles. The zero-order valence-electron chi connectivity index (χ0n) is 14.2. The third-order valence-electron chi connectivity index (χ3n) is 4.59. The lowest BCUT2D eigenvalue weighted by molar-refractivity contribution is -0.144. The summed E-state index contributed by atoms with van der Waals surface area (Å²) in [6.45, 7) is 0. The number of nitrogens with one attached hydrogen (secondary N) is 2. The van der Waals surface area contributed by atoms with Crippen LogP contribution >= 0.6 is 11.3 Å². The van der Waals surface area contributed by atoms with Crippen LogP contribution in [0.3, 0.4) is 0 Å². The minimum absolute atomic E-state index is 0.0885. The molecule has 27 heavy (non-hydrogen) atoms. The molecule has 0 radical (unpaired) electrons. The van der Waals surface area contributed by atoms with Gasteiger partial charge in [-0.3, -0.25) is 0 Å². The molecule has 0 amide bonds. The van der Waals surface area contributed by atoms with E-state index in [4.69, 9.17) is 0 Å². The quantitative estimate of drug-likeness (QED) is 0.686. The smallest absolute Gasteiger partial charge is 0.367 e. The first-order chi connectivity index (χ1) is 13.0. The van der Waals surface area contributed by atoms with Gasteiger partial charge < -0.3 is 10.6 Å². The van der Waals surface area contributed by atoms with Gasteiger partial charge in [0.25, 0.3) is 0 Å². The van der Waals surface area contributed by atoms with Gasteiger partial charge in [-0.1, -0.05) is 0 Å². The Bertz CT molecular complexity index is 920. The molecule has 0 bridgehead atoms. The Balaban J connectivity index is 1.35. The number of rotatable bonds is 4. The van der Waals surface area contributed by atoms with Gasteiger partial charge in [0.2, 0.25) is 5.82 Å². The van der Waals surface area contributed by atoms with E-state index in [0.717, 1.165) is 47.9 Å². The minimum Gasteiger partial charge on any atom is -0.367 e. The van der Waals surface area contributed by atoms with Crippen LogP contribution in [0.4, 0.5) is 24.8 Å². The molecule has 1 aliphatic carbocycles. The summed E-state index contributed by atoms with van der Waals surface area (Å²) in [7, 11) is 0. The molecule has 142 valence electrons. The highest BCUT2D eigenvalue weighted by molar-refractivity contribution is 7.16. The fourth-order valence-corrected chi connectivity index (χ4v) is 4.00. The molecule has 0 unspecified atom stereocenters. The van der Waals surface area contributed by atoms with Gasteiger partial charge in [-0.05, 0) is 43.2 Å². The predicted octanol–water partition coefficient (Wildman–Crippen LogP) is 4.34. The van der Waals surface area contributed by atoms with Gasteiger partial charge in [0.1, 0.15) is 22.8 Å². The van der Waals surface area contributed by atoms with Crippen molar-refractivity contribution in [3.8, 4) is 0 Å². The van der Waals surface area contributed by atoms with Crippen LogP contribution in [0.2, 0.25) is 0 Å². The second-order valence-electron chi connectivity index (χ2n) is 6.46. The molecule has 1 fully saturated rings. The van der Waals surface area contributed by atoms with Crippen LogP contribution in [0.15, 0.2) is 30.0 Å². The van der Waals surface area contributed by atoms with Crippen molar-refractivity contribution in [3.05, 3.63) is 35.9 Å². The van der Waals surface area contributed by atoms with Crippen LogP contribution in [0.1, 0.15) is 31.5 Å². The molecule has 2 N–H and O–H groups in total. The Morgan fingerprint density at radius 1 is 0.963 bits per heavy atom. The third-order valence-corrected chi connectivity index (χ3v) is 5.41. The lowest BCUT2D eigenvalue weighted by Gasteiger charge is -2.30. The van der Waals surface area contributed by atoms with Gasteiger partial charge in [-0.2, -0.15) is 13.2 Å². The number of fused-ring (bicyclic) bond motifs is 1. The van der Waals surface area contributed by atoms with E-state index in [1.807, 2.05) is 11.4 Å². The molecule has 1 saturated carbocycles. The summed E-state index contributed by atoms with van der Waals surface area (Å²) >= 11 is 1.57. The van der Waals surface area contributed by atoms with Crippen molar-refractivity contribution in [2.45, 2.75) is 43.9 Å². The molecule has 0 aromatic carbocycles. The molecular weight excluding hydrogens is 377 g/mol. The highest BCUT2D eigenvalue weighted by Crippen LogP contribution is 2.29. The monoisotopic (exact) mass is 394 g/mol. The Morgan fingerprint density at radius 3 is 2.44 bits per heavy atom. The molecule has 1 aliphatic rings. The predicted molar refractivity (Wildman–Crippen MR) is 97.7 cm³/mol. The Morgan fingerprint density at radius 2 is 1.70 bits per heavy atom. The number of alkyl halides is 3. The van der Waals surface area contributed by atoms with Crippen LogP contribution in [0.25, 0.3) is 10.2 Å². The van der Waals surface area contributed by atoms with Crippen LogP contribution in [-0.2, 0) is 6.18 Å². The van der Waals surface area contributed by atoms with Gasteiger partial charge in [0.05, 0.1) is 5.39 Å². The molecule has 0 aliphatic heterocycles. The van der Waals surface area contributed by atoms with Crippen LogP contribution in [0.5, 0.6) is 0 Å². The number of thiophene rings is 1. The molecule has 6 nitrogen and oxygen atoms in total. The van der Waals surface area contributed by atoms with E-state index in [2.05, 4.69) is 30.6 Å². The molecule has 10 heteroatoms. The number of aromatic nitrogens is 4. The summed E-state index contributed by atoms with van der Waals surface area (Å²) in [6.07, 6.45) is 1.61. The van der Waals surface area contributed by atoms with E-state index in [9.17, 15) is 13.2 Å². The first kappa shape index (κ1) is 17.9. The zero-order valence-corrected chi connectivity index (χ0v) is 15.0. The maximum absolute atomic E-state index is 12.7. The van der Waals surface area contributed by atoms with E-state index in [1.54, 1.807) is 17.7 Å². The standard InChI is InChI=1S/C17H17F3N6S/c18-17(19,20)16-21-7-5-13(26-16)24-10-1-3-11(4-2-10)25-14-12-6-8-27-15(12)23-9-22-14/h5-11H,1-4H2,(H,21,24,26)(H,22,23,25). The number of nitrogens with zero attached hydrogens (tertiary/aromatic N) is 4. The van der Waals surface area contributed by atoms with Crippen molar-refractivity contribution in [2.75, 3.05) is 10.6 Å². The fraction of sp³-hybridized carbons (Fsp3) is 0.412. The number of halogens is 3. The molecule has 3 aromatic rings. The highest BCUT2D eigenvalue weighted by Gasteiger charge is 2.34. The average Bonchev–Trinajstić information content (AvgIpc) is 3.13. The SMILES string of the molecule is FC(F)(F)c1nccc(NC2CCC(Nc3ncnc4sccc34)CC2)n1. The second kappa shape index (κ2) is 7.26. The van der Waals surface area contributed by atoms with E-state index in [-0.39, 0.29) is 17.9 Å².